The Morgan fingerprint density at radius 1 is 1.13 bits per heavy atom. The van der Waals surface area contributed by atoms with Crippen LogP contribution in [0.15, 0.2) is 0 Å². The molecule has 0 atom stereocenters. The summed E-state index contributed by atoms with van der Waals surface area (Å²) in [5, 5.41) is 0. The molecule has 1 saturated carbocycles. The highest BCUT2D eigenvalue weighted by Crippen LogP contribution is 2.33. The van der Waals surface area contributed by atoms with E-state index in [4.69, 9.17) is 13.3 Å². The maximum atomic E-state index is 5.89. The van der Waals surface area contributed by atoms with Gasteiger partial charge in [0.05, 0.1) is 5.60 Å². The van der Waals surface area contributed by atoms with E-state index >= 15 is 0 Å². The predicted octanol–water partition coefficient (Wildman–Crippen LogP) is 2.37. The topological polar surface area (TPSA) is 27.7 Å². The van der Waals surface area contributed by atoms with Crippen molar-refractivity contribution in [2.24, 2.45) is 5.92 Å². The van der Waals surface area contributed by atoms with E-state index in [-0.39, 0.29) is 5.60 Å². The quantitative estimate of drug-likeness (QED) is 0.658. The van der Waals surface area contributed by atoms with Crippen LogP contribution in [-0.2, 0) is 13.3 Å². The fraction of sp³-hybridized carbons (Fsp3) is 1.00. The van der Waals surface area contributed by atoms with Crippen LogP contribution in [0.25, 0.3) is 0 Å². The molecule has 1 fully saturated rings. The first-order valence-electron chi connectivity index (χ1n) is 5.81. The van der Waals surface area contributed by atoms with Gasteiger partial charge in [-0.3, -0.25) is 0 Å². The fourth-order valence-electron chi connectivity index (χ4n) is 2.41. The van der Waals surface area contributed by atoms with Gasteiger partial charge in [-0.15, -0.1) is 0 Å². The third-order valence-electron chi connectivity index (χ3n) is 3.06. The minimum Gasteiger partial charge on any atom is -0.379 e. The molecule has 15 heavy (non-hydrogen) atoms. The monoisotopic (exact) mass is 232 g/mol. The highest BCUT2D eigenvalue weighted by atomic mass is 28.3. The third-order valence-corrected chi connectivity index (χ3v) is 4.66. The molecule has 3 nitrogen and oxygen atoms in total. The molecule has 1 aliphatic rings. The molecule has 1 rings (SSSR count). The highest BCUT2D eigenvalue weighted by molar-refractivity contribution is 6.36. The smallest absolute Gasteiger partial charge is 0.379 e. The van der Waals surface area contributed by atoms with Gasteiger partial charge in [-0.1, -0.05) is 25.7 Å². The summed E-state index contributed by atoms with van der Waals surface area (Å²) in [4.78, 5) is 0. The van der Waals surface area contributed by atoms with Crippen molar-refractivity contribution in [3.05, 3.63) is 0 Å². The minimum absolute atomic E-state index is 0.0993. The zero-order chi connectivity index (χ0) is 11.3. The fourth-order valence-corrected chi connectivity index (χ4v) is 3.41. The van der Waals surface area contributed by atoms with Crippen molar-refractivity contribution >= 4 is 9.53 Å². The Bertz CT molecular complexity index is 169. The van der Waals surface area contributed by atoms with Crippen LogP contribution in [0.1, 0.15) is 46.0 Å². The molecule has 90 valence electrons. The summed E-state index contributed by atoms with van der Waals surface area (Å²) in [6, 6.07) is 0. The zero-order valence-electron chi connectivity index (χ0n) is 10.4. The zero-order valence-corrected chi connectivity index (χ0v) is 11.6. The molecule has 0 unspecified atom stereocenters. The Kier molecular flexibility index (Phi) is 5.25. The molecule has 0 radical (unpaired) electrons. The van der Waals surface area contributed by atoms with Crippen LogP contribution >= 0.6 is 0 Å². The first-order valence-corrected chi connectivity index (χ1v) is 7.22. The molecule has 0 bridgehead atoms. The van der Waals surface area contributed by atoms with Crippen LogP contribution in [0, 0.1) is 5.92 Å². The van der Waals surface area contributed by atoms with Crippen molar-refractivity contribution in [1.82, 2.24) is 0 Å². The van der Waals surface area contributed by atoms with E-state index in [0.717, 1.165) is 12.3 Å². The van der Waals surface area contributed by atoms with E-state index in [1.165, 1.54) is 25.7 Å². The number of hydrogen-bond donors (Lipinski definition) is 0. The summed E-state index contributed by atoms with van der Waals surface area (Å²) in [5.41, 5.74) is -0.0993. The molecule has 0 aromatic rings. The SMILES string of the molecule is CO[SiH](OC)OC(C)(C)CC1CCCC1. The molecule has 1 aliphatic carbocycles. The van der Waals surface area contributed by atoms with Crippen molar-refractivity contribution in [1.29, 1.82) is 0 Å². The summed E-state index contributed by atoms with van der Waals surface area (Å²) in [7, 11) is 1.44. The van der Waals surface area contributed by atoms with Gasteiger partial charge in [-0.2, -0.15) is 0 Å². The largest absolute Gasteiger partial charge is 0.484 e. The number of hydrogen-bond acceptors (Lipinski definition) is 3. The van der Waals surface area contributed by atoms with Gasteiger partial charge in [0.1, 0.15) is 0 Å². The molecule has 0 N–H and O–H groups in total. The van der Waals surface area contributed by atoms with Crippen LogP contribution < -0.4 is 0 Å². The van der Waals surface area contributed by atoms with Gasteiger partial charge in [0.25, 0.3) is 0 Å². The van der Waals surface area contributed by atoms with Gasteiger partial charge in [0, 0.05) is 14.2 Å². The lowest BCUT2D eigenvalue weighted by atomic mass is 9.92. The molecule has 0 heterocycles. The Labute approximate surface area is 95.1 Å². The van der Waals surface area contributed by atoms with Gasteiger partial charge >= 0.3 is 9.53 Å². The maximum Gasteiger partial charge on any atom is 0.484 e. The molecular formula is C11H24O3Si. The van der Waals surface area contributed by atoms with Gasteiger partial charge in [0.2, 0.25) is 0 Å². The van der Waals surface area contributed by atoms with Crippen molar-refractivity contribution in [3.8, 4) is 0 Å². The van der Waals surface area contributed by atoms with E-state index in [0.29, 0.717) is 0 Å². The minimum atomic E-state index is -1.88. The van der Waals surface area contributed by atoms with E-state index in [2.05, 4.69) is 13.8 Å². The normalized spacial score (nSPS) is 19.0. The van der Waals surface area contributed by atoms with Gasteiger partial charge in [0.15, 0.2) is 0 Å². The maximum absolute atomic E-state index is 5.89. The first-order chi connectivity index (χ1) is 7.07. The molecule has 0 aromatic carbocycles. The van der Waals surface area contributed by atoms with Crippen LogP contribution in [0.4, 0.5) is 0 Å². The van der Waals surface area contributed by atoms with Crippen molar-refractivity contribution in [3.63, 3.8) is 0 Å². The van der Waals surface area contributed by atoms with Crippen molar-refractivity contribution in [2.75, 3.05) is 14.2 Å². The first kappa shape index (κ1) is 13.2. The molecule has 0 amide bonds. The van der Waals surface area contributed by atoms with E-state index in [1.807, 2.05) is 0 Å². The summed E-state index contributed by atoms with van der Waals surface area (Å²) < 4.78 is 16.3. The standard InChI is InChI=1S/C11H24O3Si/c1-11(2,14-15(12-3)13-4)9-10-7-5-6-8-10/h10,15H,5-9H2,1-4H3. The van der Waals surface area contributed by atoms with Crippen LogP contribution in [0.3, 0.4) is 0 Å². The van der Waals surface area contributed by atoms with Crippen molar-refractivity contribution < 1.29 is 13.3 Å². The predicted molar refractivity (Wildman–Crippen MR) is 62.9 cm³/mol. The average Bonchev–Trinajstić information content (AvgIpc) is 2.66. The summed E-state index contributed by atoms with van der Waals surface area (Å²) in [6.07, 6.45) is 6.62. The van der Waals surface area contributed by atoms with Gasteiger partial charge in [-0.05, 0) is 26.2 Å². The van der Waals surface area contributed by atoms with E-state index < -0.39 is 9.53 Å². The second-order valence-corrected chi connectivity index (χ2v) is 6.75. The Hall–Kier alpha value is 0.0969. The Balaban J connectivity index is 2.35. The van der Waals surface area contributed by atoms with Gasteiger partial charge in [-0.25, -0.2) is 0 Å². The van der Waals surface area contributed by atoms with Gasteiger partial charge < -0.3 is 13.3 Å². The summed E-state index contributed by atoms with van der Waals surface area (Å²) in [6.45, 7) is 4.28. The third kappa shape index (κ3) is 4.63. The highest BCUT2D eigenvalue weighted by Gasteiger charge is 2.30. The van der Waals surface area contributed by atoms with Crippen LogP contribution in [0.5, 0.6) is 0 Å². The summed E-state index contributed by atoms with van der Waals surface area (Å²) >= 11 is 0. The molecule has 4 heteroatoms. The Morgan fingerprint density at radius 3 is 2.13 bits per heavy atom. The molecule has 0 spiro atoms. The lowest BCUT2D eigenvalue weighted by Gasteiger charge is -2.30. The second-order valence-electron chi connectivity index (χ2n) is 4.99. The number of rotatable bonds is 6. The van der Waals surface area contributed by atoms with Crippen LogP contribution in [-0.4, -0.2) is 29.3 Å². The van der Waals surface area contributed by atoms with E-state index in [9.17, 15) is 0 Å². The van der Waals surface area contributed by atoms with Crippen LogP contribution in [0.2, 0.25) is 0 Å². The average molecular weight is 232 g/mol. The molecule has 0 aliphatic heterocycles. The van der Waals surface area contributed by atoms with Crippen molar-refractivity contribution in [2.45, 2.75) is 51.6 Å². The molecule has 0 saturated heterocycles. The Morgan fingerprint density at radius 2 is 1.67 bits per heavy atom. The second kappa shape index (κ2) is 5.99. The van der Waals surface area contributed by atoms with E-state index in [1.54, 1.807) is 14.2 Å². The molecule has 0 aromatic heterocycles. The summed E-state index contributed by atoms with van der Waals surface area (Å²) in [5.74, 6) is 0.836. The molecular weight excluding hydrogens is 208 g/mol. The lowest BCUT2D eigenvalue weighted by molar-refractivity contribution is 0.0138. The lowest BCUT2D eigenvalue weighted by Crippen LogP contribution is -2.37.